The van der Waals surface area contributed by atoms with Crippen molar-refractivity contribution in [1.82, 2.24) is 5.32 Å². The number of methoxy groups -OCH3 is 2. The largest absolute Gasteiger partial charge is 0.497 e. The Morgan fingerprint density at radius 3 is 2.36 bits per heavy atom. The fourth-order valence-electron chi connectivity index (χ4n) is 2.62. The molecule has 0 atom stereocenters. The van der Waals surface area contributed by atoms with Crippen LogP contribution in [0.25, 0.3) is 6.08 Å². The number of carbonyl (C=O) groups excluding carboxylic acids is 1. The molecule has 0 aromatic heterocycles. The van der Waals surface area contributed by atoms with Crippen LogP contribution in [0.15, 0.2) is 48.2 Å². The van der Waals surface area contributed by atoms with Gasteiger partial charge in [0.15, 0.2) is 5.11 Å². The van der Waals surface area contributed by atoms with Gasteiger partial charge in [-0.25, -0.2) is 0 Å². The summed E-state index contributed by atoms with van der Waals surface area (Å²) in [7, 11) is 3.17. The van der Waals surface area contributed by atoms with Crippen molar-refractivity contribution in [3.63, 3.8) is 0 Å². The maximum Gasteiger partial charge on any atom is 0.281 e. The lowest BCUT2D eigenvalue weighted by Gasteiger charge is -2.14. The van der Waals surface area contributed by atoms with E-state index in [4.69, 9.17) is 21.7 Å². The van der Waals surface area contributed by atoms with Crippen molar-refractivity contribution < 1.29 is 14.3 Å². The molecule has 0 spiro atoms. The van der Waals surface area contributed by atoms with Crippen LogP contribution in [0.3, 0.4) is 0 Å². The van der Waals surface area contributed by atoms with E-state index in [1.54, 1.807) is 26.4 Å². The van der Waals surface area contributed by atoms with Gasteiger partial charge in [0.1, 0.15) is 17.2 Å². The smallest absolute Gasteiger partial charge is 0.281 e. The number of hydrogen-bond donors (Lipinski definition) is 1. The van der Waals surface area contributed by atoms with Crippen molar-refractivity contribution in [1.29, 1.82) is 0 Å². The summed E-state index contributed by atoms with van der Waals surface area (Å²) < 4.78 is 10.5. The second-order valence-electron chi connectivity index (χ2n) is 5.61. The third-order valence-electron chi connectivity index (χ3n) is 3.82. The number of anilines is 1. The van der Waals surface area contributed by atoms with E-state index in [0.29, 0.717) is 22.3 Å². The van der Waals surface area contributed by atoms with Crippen molar-refractivity contribution in [2.75, 3.05) is 19.1 Å². The van der Waals surface area contributed by atoms with Crippen LogP contribution in [0, 0.1) is 6.92 Å². The molecule has 2 aromatic rings. The molecular weight excluding hydrogens is 336 g/mol. The fraction of sp³-hybridized carbons (Fsp3) is 0.158. The van der Waals surface area contributed by atoms with Crippen LogP contribution in [0.2, 0.25) is 0 Å². The van der Waals surface area contributed by atoms with E-state index >= 15 is 0 Å². The molecule has 3 rings (SSSR count). The Hall–Kier alpha value is -2.86. The van der Waals surface area contributed by atoms with Gasteiger partial charge < -0.3 is 14.8 Å². The standard InChI is InChI=1S/C19H18N2O3S/c1-12-5-4-6-14(7-12)21-18(22)17(20-19(21)25)10-13-8-15(23-2)11-16(9-13)24-3/h4-11H,1-3H3,(H,20,25)/b17-10-. The Morgan fingerprint density at radius 2 is 1.76 bits per heavy atom. The fourth-order valence-corrected chi connectivity index (χ4v) is 2.91. The number of ether oxygens (including phenoxy) is 2. The topological polar surface area (TPSA) is 50.8 Å². The molecule has 0 bridgehead atoms. The second kappa shape index (κ2) is 6.94. The van der Waals surface area contributed by atoms with E-state index in [1.165, 1.54) is 4.90 Å². The Balaban J connectivity index is 1.95. The second-order valence-corrected chi connectivity index (χ2v) is 6.00. The highest BCUT2D eigenvalue weighted by Gasteiger charge is 2.31. The van der Waals surface area contributed by atoms with Crippen LogP contribution >= 0.6 is 12.2 Å². The van der Waals surface area contributed by atoms with Crippen molar-refractivity contribution in [3.8, 4) is 11.5 Å². The summed E-state index contributed by atoms with van der Waals surface area (Å²) in [6, 6.07) is 13.1. The highest BCUT2D eigenvalue weighted by molar-refractivity contribution is 7.80. The van der Waals surface area contributed by atoms with E-state index < -0.39 is 0 Å². The number of nitrogens with one attached hydrogen (secondary N) is 1. The molecule has 0 radical (unpaired) electrons. The summed E-state index contributed by atoms with van der Waals surface area (Å²) >= 11 is 5.34. The Morgan fingerprint density at radius 1 is 1.08 bits per heavy atom. The molecule has 0 saturated carbocycles. The van der Waals surface area contributed by atoms with Crippen molar-refractivity contribution in [3.05, 3.63) is 59.3 Å². The molecule has 1 N–H and O–H groups in total. The number of carbonyl (C=O) groups is 1. The molecular formula is C19H18N2O3S. The van der Waals surface area contributed by atoms with Gasteiger partial charge in [-0.05, 0) is 60.6 Å². The predicted molar refractivity (Wildman–Crippen MR) is 102 cm³/mol. The lowest BCUT2D eigenvalue weighted by Crippen LogP contribution is -2.30. The quantitative estimate of drug-likeness (QED) is 0.675. The first-order valence-corrected chi connectivity index (χ1v) is 8.09. The minimum absolute atomic E-state index is 0.197. The van der Waals surface area contributed by atoms with Gasteiger partial charge in [-0.2, -0.15) is 0 Å². The number of rotatable bonds is 4. The average Bonchev–Trinajstić information content (AvgIpc) is 2.88. The van der Waals surface area contributed by atoms with Gasteiger partial charge in [0.25, 0.3) is 5.91 Å². The first-order valence-electron chi connectivity index (χ1n) is 7.68. The van der Waals surface area contributed by atoms with E-state index in [-0.39, 0.29) is 5.91 Å². The van der Waals surface area contributed by atoms with Gasteiger partial charge in [-0.15, -0.1) is 0 Å². The summed E-state index contributed by atoms with van der Waals surface area (Å²) in [5, 5.41) is 3.34. The van der Waals surface area contributed by atoms with Crippen LogP contribution in [-0.4, -0.2) is 25.2 Å². The van der Waals surface area contributed by atoms with Gasteiger partial charge in [0.2, 0.25) is 0 Å². The van der Waals surface area contributed by atoms with E-state index in [1.807, 2.05) is 43.3 Å². The van der Waals surface area contributed by atoms with Gasteiger partial charge in [-0.3, -0.25) is 9.69 Å². The molecule has 25 heavy (non-hydrogen) atoms. The molecule has 5 nitrogen and oxygen atoms in total. The highest BCUT2D eigenvalue weighted by atomic mass is 32.1. The minimum Gasteiger partial charge on any atom is -0.497 e. The van der Waals surface area contributed by atoms with Gasteiger partial charge in [-0.1, -0.05) is 12.1 Å². The number of aryl methyl sites for hydroxylation is 1. The first kappa shape index (κ1) is 17.0. The lowest BCUT2D eigenvalue weighted by atomic mass is 10.1. The molecule has 0 aliphatic carbocycles. The predicted octanol–water partition coefficient (Wildman–Crippen LogP) is 3.27. The zero-order valence-corrected chi connectivity index (χ0v) is 15.0. The van der Waals surface area contributed by atoms with Gasteiger partial charge >= 0.3 is 0 Å². The van der Waals surface area contributed by atoms with Crippen molar-refractivity contribution >= 4 is 35.0 Å². The summed E-state index contributed by atoms with van der Waals surface area (Å²) in [5.74, 6) is 1.10. The Labute approximate surface area is 151 Å². The van der Waals surface area contributed by atoms with Crippen LogP contribution in [-0.2, 0) is 4.79 Å². The molecule has 1 heterocycles. The lowest BCUT2D eigenvalue weighted by molar-refractivity contribution is -0.113. The average molecular weight is 354 g/mol. The van der Waals surface area contributed by atoms with Crippen molar-refractivity contribution in [2.24, 2.45) is 0 Å². The third kappa shape index (κ3) is 3.49. The summed E-state index contributed by atoms with van der Waals surface area (Å²) in [6.45, 7) is 1.97. The highest BCUT2D eigenvalue weighted by Crippen LogP contribution is 2.26. The number of benzene rings is 2. The summed E-state index contributed by atoms with van der Waals surface area (Å²) in [5.41, 5.74) is 2.99. The van der Waals surface area contributed by atoms with E-state index in [2.05, 4.69) is 5.32 Å². The molecule has 1 aliphatic heterocycles. The zero-order valence-electron chi connectivity index (χ0n) is 14.2. The number of thiocarbonyl (C=S) groups is 1. The van der Waals surface area contributed by atoms with Crippen LogP contribution in [0.5, 0.6) is 11.5 Å². The van der Waals surface area contributed by atoms with Crippen LogP contribution in [0.4, 0.5) is 5.69 Å². The van der Waals surface area contributed by atoms with Gasteiger partial charge in [0, 0.05) is 6.07 Å². The molecule has 1 amide bonds. The number of hydrogen-bond acceptors (Lipinski definition) is 4. The molecule has 1 saturated heterocycles. The maximum atomic E-state index is 12.8. The maximum absolute atomic E-state index is 12.8. The Bertz CT molecular complexity index is 854. The molecule has 128 valence electrons. The van der Waals surface area contributed by atoms with E-state index in [0.717, 1.165) is 16.8 Å². The van der Waals surface area contributed by atoms with E-state index in [9.17, 15) is 4.79 Å². The third-order valence-corrected chi connectivity index (χ3v) is 4.11. The molecule has 1 fully saturated rings. The molecule has 2 aromatic carbocycles. The number of amides is 1. The zero-order chi connectivity index (χ0) is 18.0. The minimum atomic E-state index is -0.197. The molecule has 6 heteroatoms. The Kier molecular flexibility index (Phi) is 4.72. The summed E-state index contributed by atoms with van der Waals surface area (Å²) in [4.78, 5) is 14.3. The first-order chi connectivity index (χ1) is 12.0. The number of nitrogens with zero attached hydrogens (tertiary/aromatic N) is 1. The SMILES string of the molecule is COc1cc(/C=C2\NC(=S)N(c3cccc(C)c3)C2=O)cc(OC)c1. The van der Waals surface area contributed by atoms with Gasteiger partial charge in [0.05, 0.1) is 19.9 Å². The molecule has 1 aliphatic rings. The molecule has 0 unspecified atom stereocenters. The summed E-state index contributed by atoms with van der Waals surface area (Å²) in [6.07, 6.45) is 1.73. The normalized spacial score (nSPS) is 15.5. The van der Waals surface area contributed by atoms with Crippen LogP contribution < -0.4 is 19.7 Å². The van der Waals surface area contributed by atoms with Crippen molar-refractivity contribution in [2.45, 2.75) is 6.92 Å². The monoisotopic (exact) mass is 354 g/mol. The van der Waals surface area contributed by atoms with Crippen LogP contribution in [0.1, 0.15) is 11.1 Å².